The molecule has 0 spiro atoms. The van der Waals surface area contributed by atoms with Crippen LogP contribution in [0, 0.1) is 6.07 Å². The van der Waals surface area contributed by atoms with Gasteiger partial charge in [0.15, 0.2) is 0 Å². The minimum atomic E-state index is 0.553. The summed E-state index contributed by atoms with van der Waals surface area (Å²) in [5, 5.41) is 3.48. The maximum atomic E-state index is 6.03. The van der Waals surface area contributed by atoms with Crippen molar-refractivity contribution in [3.63, 3.8) is 0 Å². The fraction of sp³-hybridized carbons (Fsp3) is 0.333. The Morgan fingerprint density at radius 2 is 2.05 bits per heavy atom. The van der Waals surface area contributed by atoms with Crippen LogP contribution in [0.1, 0.15) is 6.42 Å². The Kier molecular flexibility index (Phi) is 3.28. The molecule has 1 saturated heterocycles. The smallest absolute Gasteiger partial charge is 0.143 e. The molecule has 3 heteroatoms. The lowest BCUT2D eigenvalue weighted by Crippen LogP contribution is -2.51. The summed E-state index contributed by atoms with van der Waals surface area (Å²) in [6.07, 6.45) is 1.08. The molecule has 1 fully saturated rings. The van der Waals surface area contributed by atoms with Crippen molar-refractivity contribution in [2.45, 2.75) is 12.5 Å². The van der Waals surface area contributed by atoms with Gasteiger partial charge in [-0.1, -0.05) is 30.3 Å². The fourth-order valence-electron chi connectivity index (χ4n) is 3.27. The van der Waals surface area contributed by atoms with Crippen molar-refractivity contribution in [1.82, 2.24) is 5.32 Å². The van der Waals surface area contributed by atoms with Crippen LogP contribution in [0.2, 0.25) is 0 Å². The van der Waals surface area contributed by atoms with Crippen molar-refractivity contribution in [2.24, 2.45) is 0 Å². The lowest BCUT2D eigenvalue weighted by Gasteiger charge is -2.36. The first-order valence-corrected chi connectivity index (χ1v) is 7.62. The average molecular weight is 279 g/mol. The van der Waals surface area contributed by atoms with Gasteiger partial charge >= 0.3 is 0 Å². The SMILES string of the molecule is [c]1ccc(-c2ccc3c(c2)OCC[C@H]2CNCCN32)cc1. The zero-order chi connectivity index (χ0) is 14.1. The molecule has 0 unspecified atom stereocenters. The first-order valence-electron chi connectivity index (χ1n) is 7.62. The highest BCUT2D eigenvalue weighted by Gasteiger charge is 2.27. The number of hydrogen-bond acceptors (Lipinski definition) is 3. The molecule has 1 N–H and O–H groups in total. The number of anilines is 1. The van der Waals surface area contributed by atoms with Gasteiger partial charge in [0.2, 0.25) is 0 Å². The molecular weight excluding hydrogens is 260 g/mol. The highest BCUT2D eigenvalue weighted by Crippen LogP contribution is 2.37. The van der Waals surface area contributed by atoms with E-state index in [1.54, 1.807) is 0 Å². The highest BCUT2D eigenvalue weighted by atomic mass is 16.5. The second-order valence-electron chi connectivity index (χ2n) is 5.66. The van der Waals surface area contributed by atoms with E-state index in [9.17, 15) is 0 Å². The van der Waals surface area contributed by atoms with Crippen LogP contribution in [-0.2, 0) is 0 Å². The largest absolute Gasteiger partial charge is 0.491 e. The van der Waals surface area contributed by atoms with Crippen molar-refractivity contribution in [2.75, 3.05) is 31.1 Å². The van der Waals surface area contributed by atoms with Gasteiger partial charge in [-0.15, -0.1) is 0 Å². The summed E-state index contributed by atoms with van der Waals surface area (Å²) in [4.78, 5) is 2.50. The molecule has 0 aliphatic carbocycles. The van der Waals surface area contributed by atoms with E-state index in [0.29, 0.717) is 6.04 Å². The number of hydrogen-bond donors (Lipinski definition) is 1. The third-order valence-corrected chi connectivity index (χ3v) is 4.38. The van der Waals surface area contributed by atoms with E-state index in [1.165, 1.54) is 16.8 Å². The number of ether oxygens (including phenoxy) is 1. The molecule has 0 saturated carbocycles. The maximum absolute atomic E-state index is 6.03. The van der Waals surface area contributed by atoms with E-state index in [2.05, 4.69) is 46.6 Å². The number of nitrogens with zero attached hydrogens (tertiary/aromatic N) is 1. The fourth-order valence-corrected chi connectivity index (χ4v) is 3.27. The monoisotopic (exact) mass is 279 g/mol. The molecule has 21 heavy (non-hydrogen) atoms. The van der Waals surface area contributed by atoms with Crippen LogP contribution in [-0.4, -0.2) is 32.3 Å². The van der Waals surface area contributed by atoms with Gasteiger partial charge < -0.3 is 15.0 Å². The second-order valence-corrected chi connectivity index (χ2v) is 5.66. The number of piperazine rings is 1. The Morgan fingerprint density at radius 3 is 2.95 bits per heavy atom. The van der Waals surface area contributed by atoms with Crippen molar-refractivity contribution >= 4 is 5.69 Å². The minimum Gasteiger partial charge on any atom is -0.491 e. The Hall–Kier alpha value is -2.00. The molecule has 0 aromatic heterocycles. The Balaban J connectivity index is 1.73. The van der Waals surface area contributed by atoms with E-state index in [0.717, 1.165) is 38.4 Å². The first kappa shape index (κ1) is 12.7. The van der Waals surface area contributed by atoms with Crippen LogP contribution in [0.3, 0.4) is 0 Å². The summed E-state index contributed by atoms with van der Waals surface area (Å²) >= 11 is 0. The molecule has 2 heterocycles. The zero-order valence-electron chi connectivity index (χ0n) is 12.0. The summed E-state index contributed by atoms with van der Waals surface area (Å²) in [7, 11) is 0. The molecule has 2 aliphatic rings. The molecule has 0 amide bonds. The summed E-state index contributed by atoms with van der Waals surface area (Å²) in [5.74, 6) is 1.02. The average Bonchev–Trinajstić information content (AvgIpc) is 2.74. The summed E-state index contributed by atoms with van der Waals surface area (Å²) in [5.41, 5.74) is 3.66. The van der Waals surface area contributed by atoms with Crippen molar-refractivity contribution in [3.8, 4) is 16.9 Å². The molecule has 2 aromatic rings. The van der Waals surface area contributed by atoms with Crippen LogP contribution in [0.15, 0.2) is 42.5 Å². The van der Waals surface area contributed by atoms with Gasteiger partial charge in [-0.25, -0.2) is 0 Å². The molecule has 2 aliphatic heterocycles. The Bertz CT molecular complexity index is 626. The highest BCUT2D eigenvalue weighted by molar-refractivity contribution is 5.72. The van der Waals surface area contributed by atoms with E-state index < -0.39 is 0 Å². The van der Waals surface area contributed by atoms with Gasteiger partial charge in [0.25, 0.3) is 0 Å². The molecule has 0 bridgehead atoms. The van der Waals surface area contributed by atoms with Crippen molar-refractivity contribution in [3.05, 3.63) is 48.5 Å². The summed E-state index contributed by atoms with van der Waals surface area (Å²) < 4.78 is 6.03. The quantitative estimate of drug-likeness (QED) is 0.868. The van der Waals surface area contributed by atoms with Gasteiger partial charge in [0.1, 0.15) is 5.75 Å². The van der Waals surface area contributed by atoms with Crippen LogP contribution < -0.4 is 15.0 Å². The predicted octanol–water partition coefficient (Wildman–Crippen LogP) is 2.71. The summed E-state index contributed by atoms with van der Waals surface area (Å²) in [6, 6.07) is 18.3. The molecule has 1 atom stereocenters. The van der Waals surface area contributed by atoms with E-state index in [-0.39, 0.29) is 0 Å². The van der Waals surface area contributed by atoms with Crippen LogP contribution in [0.4, 0.5) is 5.69 Å². The lowest BCUT2D eigenvalue weighted by molar-refractivity contribution is 0.304. The standard InChI is InChI=1S/C18H19N2O/c1-2-4-14(5-3-1)15-6-7-17-18(12-15)21-11-8-16-13-19-9-10-20(16)17/h2-7,12,16,19H,8-11,13H2/t16-/m0/s1. The molecule has 107 valence electrons. The third kappa shape index (κ3) is 2.38. The topological polar surface area (TPSA) is 24.5 Å². The molecule has 3 nitrogen and oxygen atoms in total. The Morgan fingerprint density at radius 1 is 1.14 bits per heavy atom. The van der Waals surface area contributed by atoms with E-state index in [4.69, 9.17) is 4.74 Å². The van der Waals surface area contributed by atoms with Crippen LogP contribution in [0.5, 0.6) is 5.75 Å². The zero-order valence-corrected chi connectivity index (χ0v) is 12.0. The lowest BCUT2D eigenvalue weighted by atomic mass is 10.0. The maximum Gasteiger partial charge on any atom is 0.143 e. The van der Waals surface area contributed by atoms with Crippen LogP contribution in [0.25, 0.3) is 11.1 Å². The van der Waals surface area contributed by atoms with Gasteiger partial charge in [-0.05, 0) is 29.3 Å². The van der Waals surface area contributed by atoms with Gasteiger partial charge in [0, 0.05) is 32.1 Å². The Labute approximate surface area is 125 Å². The van der Waals surface area contributed by atoms with Gasteiger partial charge in [0.05, 0.1) is 12.3 Å². The minimum absolute atomic E-state index is 0.553. The number of benzene rings is 2. The first-order chi connectivity index (χ1) is 10.4. The number of fused-ring (bicyclic) bond motifs is 3. The second kappa shape index (κ2) is 5.41. The normalized spacial score (nSPS) is 21.0. The van der Waals surface area contributed by atoms with Gasteiger partial charge in [-0.3, -0.25) is 0 Å². The van der Waals surface area contributed by atoms with E-state index >= 15 is 0 Å². The van der Waals surface area contributed by atoms with Crippen LogP contribution >= 0.6 is 0 Å². The number of nitrogens with one attached hydrogen (secondary N) is 1. The molecule has 2 aromatic carbocycles. The molecular formula is C18H19N2O. The predicted molar refractivity (Wildman–Crippen MR) is 84.8 cm³/mol. The number of rotatable bonds is 1. The molecule has 4 rings (SSSR count). The third-order valence-electron chi connectivity index (χ3n) is 4.38. The van der Waals surface area contributed by atoms with Gasteiger partial charge in [-0.2, -0.15) is 0 Å². The summed E-state index contributed by atoms with van der Waals surface area (Å²) in [6.45, 7) is 3.95. The molecule has 1 radical (unpaired) electrons. The van der Waals surface area contributed by atoms with E-state index in [1.807, 2.05) is 12.1 Å². The van der Waals surface area contributed by atoms with Crippen molar-refractivity contribution in [1.29, 1.82) is 0 Å². The van der Waals surface area contributed by atoms with Crippen molar-refractivity contribution < 1.29 is 4.74 Å².